The van der Waals surface area contributed by atoms with E-state index in [9.17, 15) is 4.79 Å². The summed E-state index contributed by atoms with van der Waals surface area (Å²) in [6.07, 6.45) is 1.28. The molecule has 2 rings (SSSR count). The zero-order valence-electron chi connectivity index (χ0n) is 11.1. The Bertz CT molecular complexity index is 588. The van der Waals surface area contributed by atoms with Gasteiger partial charge in [-0.3, -0.25) is 0 Å². The molecule has 0 saturated heterocycles. The molecule has 2 aromatic rings. The molecule has 0 aliphatic heterocycles. The van der Waals surface area contributed by atoms with Crippen molar-refractivity contribution in [2.24, 2.45) is 0 Å². The number of benzene rings is 1. The second-order valence-electron chi connectivity index (χ2n) is 4.37. The van der Waals surface area contributed by atoms with E-state index in [0.717, 1.165) is 21.3 Å². The molecular weight excluding hydrogens is 320 g/mol. The molecule has 0 atom stereocenters. The molecule has 0 aliphatic carbocycles. The maximum atomic E-state index is 11.6. The molecule has 0 aliphatic rings. The average molecular weight is 335 g/mol. The van der Waals surface area contributed by atoms with E-state index in [4.69, 9.17) is 4.74 Å². The van der Waals surface area contributed by atoms with Crippen molar-refractivity contribution in [2.45, 2.75) is 20.1 Å². The Morgan fingerprint density at radius 1 is 1.30 bits per heavy atom. The zero-order chi connectivity index (χ0) is 14.4. The maximum absolute atomic E-state index is 11.6. The van der Waals surface area contributed by atoms with Crippen LogP contribution in [0.5, 0.6) is 0 Å². The van der Waals surface area contributed by atoms with Crippen molar-refractivity contribution in [1.29, 1.82) is 0 Å². The monoisotopic (exact) mass is 334 g/mol. The first-order chi connectivity index (χ1) is 9.65. The fourth-order valence-electron chi connectivity index (χ4n) is 1.66. The Hall–Kier alpha value is -1.88. The van der Waals surface area contributed by atoms with Crippen LogP contribution in [-0.4, -0.2) is 11.1 Å². The number of rotatable bonds is 4. The smallest absolute Gasteiger partial charge is 0.407 e. The number of hydrogen-bond donors (Lipinski definition) is 1. The molecule has 0 spiro atoms. The summed E-state index contributed by atoms with van der Waals surface area (Å²) in [7, 11) is 0. The lowest BCUT2D eigenvalue weighted by molar-refractivity contribution is 0.139. The SMILES string of the molecule is Cc1cc(CNC(=O)OCc2ccccc2)cnc1Br. The largest absolute Gasteiger partial charge is 0.445 e. The van der Waals surface area contributed by atoms with E-state index in [-0.39, 0.29) is 6.61 Å². The summed E-state index contributed by atoms with van der Waals surface area (Å²) in [6.45, 7) is 2.62. The summed E-state index contributed by atoms with van der Waals surface area (Å²) in [5, 5.41) is 2.70. The number of ether oxygens (including phenoxy) is 1. The van der Waals surface area contributed by atoms with Crippen LogP contribution < -0.4 is 5.32 Å². The number of amides is 1. The molecule has 0 unspecified atom stereocenters. The van der Waals surface area contributed by atoms with Gasteiger partial charge in [0.1, 0.15) is 11.2 Å². The van der Waals surface area contributed by atoms with E-state index >= 15 is 0 Å². The predicted octanol–water partition coefficient (Wildman–Crippen LogP) is 3.58. The van der Waals surface area contributed by atoms with Crippen molar-refractivity contribution in [3.63, 3.8) is 0 Å². The highest BCUT2D eigenvalue weighted by Gasteiger charge is 2.04. The summed E-state index contributed by atoms with van der Waals surface area (Å²) in [4.78, 5) is 15.8. The Morgan fingerprint density at radius 2 is 2.05 bits per heavy atom. The quantitative estimate of drug-likeness (QED) is 0.869. The number of alkyl carbamates (subject to hydrolysis) is 1. The fraction of sp³-hybridized carbons (Fsp3) is 0.200. The van der Waals surface area contributed by atoms with Crippen molar-refractivity contribution < 1.29 is 9.53 Å². The van der Waals surface area contributed by atoms with Gasteiger partial charge in [0.2, 0.25) is 0 Å². The molecule has 1 N–H and O–H groups in total. The molecule has 1 aromatic heterocycles. The standard InChI is InChI=1S/C15H15BrN2O2/c1-11-7-13(8-17-14(11)16)9-18-15(19)20-10-12-5-3-2-4-6-12/h2-8H,9-10H2,1H3,(H,18,19). The normalized spacial score (nSPS) is 10.1. The van der Waals surface area contributed by atoms with Gasteiger partial charge in [0, 0.05) is 12.7 Å². The highest BCUT2D eigenvalue weighted by atomic mass is 79.9. The van der Waals surface area contributed by atoms with Crippen LogP contribution in [0.1, 0.15) is 16.7 Å². The molecule has 0 saturated carbocycles. The van der Waals surface area contributed by atoms with Crippen molar-refractivity contribution in [3.05, 3.63) is 63.9 Å². The molecule has 20 heavy (non-hydrogen) atoms. The number of aryl methyl sites for hydroxylation is 1. The third-order valence-corrected chi connectivity index (χ3v) is 3.55. The van der Waals surface area contributed by atoms with Gasteiger partial charge < -0.3 is 10.1 Å². The van der Waals surface area contributed by atoms with Gasteiger partial charge in [-0.1, -0.05) is 36.4 Å². The highest BCUT2D eigenvalue weighted by molar-refractivity contribution is 9.10. The summed E-state index contributed by atoms with van der Waals surface area (Å²) in [5.41, 5.74) is 2.92. The Labute approximate surface area is 126 Å². The molecule has 1 heterocycles. The molecule has 0 radical (unpaired) electrons. The second kappa shape index (κ2) is 7.05. The number of carbonyl (C=O) groups excluding carboxylic acids is 1. The Morgan fingerprint density at radius 3 is 2.75 bits per heavy atom. The van der Waals surface area contributed by atoms with Crippen molar-refractivity contribution in [1.82, 2.24) is 10.3 Å². The molecule has 1 amide bonds. The first kappa shape index (κ1) is 14.5. The Kier molecular flexibility index (Phi) is 5.12. The van der Waals surface area contributed by atoms with E-state index in [1.54, 1.807) is 6.20 Å². The summed E-state index contributed by atoms with van der Waals surface area (Å²) < 4.78 is 5.94. The van der Waals surface area contributed by atoms with E-state index in [0.29, 0.717) is 6.54 Å². The van der Waals surface area contributed by atoms with Gasteiger partial charge >= 0.3 is 6.09 Å². The number of nitrogens with one attached hydrogen (secondary N) is 1. The van der Waals surface area contributed by atoms with Crippen LogP contribution in [0, 0.1) is 6.92 Å². The van der Waals surface area contributed by atoms with Crippen LogP contribution in [-0.2, 0) is 17.9 Å². The number of pyridine rings is 1. The summed E-state index contributed by atoms with van der Waals surface area (Å²) >= 11 is 3.34. The van der Waals surface area contributed by atoms with Gasteiger partial charge in [-0.05, 0) is 39.5 Å². The molecule has 0 bridgehead atoms. The third-order valence-electron chi connectivity index (χ3n) is 2.72. The Balaban J connectivity index is 1.79. The van der Waals surface area contributed by atoms with Crippen molar-refractivity contribution in [2.75, 3.05) is 0 Å². The summed E-state index contributed by atoms with van der Waals surface area (Å²) in [6, 6.07) is 11.5. The van der Waals surface area contributed by atoms with Crippen molar-refractivity contribution >= 4 is 22.0 Å². The van der Waals surface area contributed by atoms with E-state index in [1.165, 1.54) is 0 Å². The van der Waals surface area contributed by atoms with Gasteiger partial charge in [-0.15, -0.1) is 0 Å². The van der Waals surface area contributed by atoms with E-state index in [1.807, 2.05) is 43.3 Å². The van der Waals surface area contributed by atoms with Gasteiger partial charge in [0.05, 0.1) is 0 Å². The van der Waals surface area contributed by atoms with Gasteiger partial charge in [0.15, 0.2) is 0 Å². The van der Waals surface area contributed by atoms with E-state index < -0.39 is 6.09 Å². The number of hydrogen-bond acceptors (Lipinski definition) is 3. The first-order valence-electron chi connectivity index (χ1n) is 6.21. The van der Waals surface area contributed by atoms with Crippen LogP contribution in [0.25, 0.3) is 0 Å². The maximum Gasteiger partial charge on any atom is 0.407 e. The van der Waals surface area contributed by atoms with Gasteiger partial charge in [-0.25, -0.2) is 9.78 Å². The van der Waals surface area contributed by atoms with Crippen LogP contribution in [0.3, 0.4) is 0 Å². The highest BCUT2D eigenvalue weighted by Crippen LogP contribution is 2.13. The minimum Gasteiger partial charge on any atom is -0.445 e. The lowest BCUT2D eigenvalue weighted by Crippen LogP contribution is -2.23. The van der Waals surface area contributed by atoms with E-state index in [2.05, 4.69) is 26.2 Å². The van der Waals surface area contributed by atoms with Crippen LogP contribution in [0.2, 0.25) is 0 Å². The molecular formula is C15H15BrN2O2. The lowest BCUT2D eigenvalue weighted by atomic mass is 10.2. The minimum atomic E-state index is -0.436. The molecule has 1 aromatic carbocycles. The molecule has 5 heteroatoms. The summed E-state index contributed by atoms with van der Waals surface area (Å²) in [5.74, 6) is 0. The molecule has 104 valence electrons. The number of halogens is 1. The molecule has 4 nitrogen and oxygen atoms in total. The van der Waals surface area contributed by atoms with Crippen LogP contribution in [0.15, 0.2) is 47.2 Å². The minimum absolute atomic E-state index is 0.268. The average Bonchev–Trinajstić information content (AvgIpc) is 2.47. The fourth-order valence-corrected chi connectivity index (χ4v) is 1.88. The zero-order valence-corrected chi connectivity index (χ0v) is 12.7. The van der Waals surface area contributed by atoms with Gasteiger partial charge in [-0.2, -0.15) is 0 Å². The number of aromatic nitrogens is 1. The lowest BCUT2D eigenvalue weighted by Gasteiger charge is -2.08. The van der Waals surface area contributed by atoms with Crippen LogP contribution >= 0.6 is 15.9 Å². The number of nitrogens with zero attached hydrogens (tertiary/aromatic N) is 1. The number of carbonyl (C=O) groups is 1. The van der Waals surface area contributed by atoms with Gasteiger partial charge in [0.25, 0.3) is 0 Å². The first-order valence-corrected chi connectivity index (χ1v) is 7.00. The van der Waals surface area contributed by atoms with Crippen molar-refractivity contribution in [3.8, 4) is 0 Å². The molecule has 0 fully saturated rings. The van der Waals surface area contributed by atoms with Crippen LogP contribution in [0.4, 0.5) is 4.79 Å². The topological polar surface area (TPSA) is 51.2 Å². The third kappa shape index (κ3) is 4.35. The second-order valence-corrected chi connectivity index (χ2v) is 5.12. The predicted molar refractivity (Wildman–Crippen MR) is 80.1 cm³/mol.